The summed E-state index contributed by atoms with van der Waals surface area (Å²) < 4.78 is 94.8. The summed E-state index contributed by atoms with van der Waals surface area (Å²) in [7, 11) is 0. The summed E-state index contributed by atoms with van der Waals surface area (Å²) in [6.07, 6.45) is -80.3. The number of aliphatic hydroxyl groups excluding tert-OH is 32. The SMILES string of the molecule is OCC1OC(OCC(COC2OC(CO)C(O)C(O)C2O)N(c2ccc(N(C(COC3OC(CO)C(O)C(O)C3O)COC3OC(CO)C(O)C(O)C3O)C(COC3OC(CO)C(O)C(O)C3O)COC3OC(CO)C(O)C(O)C3O)cc2)C(COC2OC(CO)C(O)C(O)C2O)COC2OC(CO)C(O)C(O)C2O)C(O)C(O)C1O. The topological polar surface area (TPSA) is 802 Å². The molecule has 0 aliphatic carbocycles. The van der Waals surface area contributed by atoms with Crippen LogP contribution in [0.1, 0.15) is 0 Å². The summed E-state index contributed by atoms with van der Waals surface area (Å²) in [6.45, 7) is -16.1. The Balaban J connectivity index is 1.27. The molecule has 8 aliphatic rings. The summed E-state index contributed by atoms with van der Waals surface area (Å²) >= 11 is 0. The molecule has 0 bridgehead atoms. The average Bonchev–Trinajstić information content (AvgIpc) is 0.788. The molecule has 8 heterocycles. The molecule has 40 atom stereocenters. The van der Waals surface area contributed by atoms with Gasteiger partial charge in [0.25, 0.3) is 0 Å². The number of nitrogens with zero attached hydrogens (tertiary/aromatic N) is 2. The highest BCUT2D eigenvalue weighted by molar-refractivity contribution is 5.59. The second-order valence-electron chi connectivity index (χ2n) is 29.2. The molecule has 8 aliphatic heterocycles. The fourth-order valence-electron chi connectivity index (χ4n) is 14.4. The van der Waals surface area contributed by atoms with Gasteiger partial charge < -0.3 is 249 Å². The number of hydrogen-bond acceptors (Lipinski definition) is 50. The van der Waals surface area contributed by atoms with Gasteiger partial charge in [-0.05, 0) is 24.3 Å². The number of aliphatic hydroxyl groups is 32. The monoisotopic (exact) mass is 1700 g/mol. The van der Waals surface area contributed by atoms with Crippen LogP contribution in [-0.4, -0.2) is 539 Å². The molecule has 8 saturated heterocycles. The lowest BCUT2D eigenvalue weighted by molar-refractivity contribution is -0.312. The molecule has 1 aromatic carbocycles. The molecule has 32 N–H and O–H groups in total. The van der Waals surface area contributed by atoms with Crippen LogP contribution in [-0.2, 0) is 75.8 Å². The highest BCUT2D eigenvalue weighted by Gasteiger charge is 2.54. The number of rotatable bonds is 38. The highest BCUT2D eigenvalue weighted by Crippen LogP contribution is 2.36. The smallest absolute Gasteiger partial charge is 0.186 e. The van der Waals surface area contributed by atoms with E-state index < -0.39 is 376 Å². The molecule has 8 fully saturated rings. The normalized spacial score (nSPS) is 45.0. The molecule has 674 valence electrons. The summed E-state index contributed by atoms with van der Waals surface area (Å²) in [6, 6.07) is -2.43. The molecular formula is C66H112N2O48. The van der Waals surface area contributed by atoms with E-state index in [0.717, 1.165) is 0 Å². The van der Waals surface area contributed by atoms with Crippen LogP contribution in [0.5, 0.6) is 0 Å². The third kappa shape index (κ3) is 22.0. The molecule has 0 spiro atoms. The van der Waals surface area contributed by atoms with E-state index in [1.165, 1.54) is 34.1 Å². The Kier molecular flexibility index (Phi) is 36.7. The van der Waals surface area contributed by atoms with Crippen molar-refractivity contribution in [3.8, 4) is 0 Å². The highest BCUT2D eigenvalue weighted by atomic mass is 16.8. The van der Waals surface area contributed by atoms with Gasteiger partial charge >= 0.3 is 0 Å². The van der Waals surface area contributed by atoms with E-state index in [2.05, 4.69) is 0 Å². The van der Waals surface area contributed by atoms with Gasteiger partial charge in [-0.2, -0.15) is 0 Å². The van der Waals surface area contributed by atoms with Crippen LogP contribution in [0.25, 0.3) is 0 Å². The van der Waals surface area contributed by atoms with Crippen LogP contribution in [0.4, 0.5) is 11.4 Å². The number of ether oxygens (including phenoxy) is 16. The van der Waals surface area contributed by atoms with Crippen molar-refractivity contribution >= 4 is 11.4 Å². The Morgan fingerprint density at radius 3 is 0.405 bits per heavy atom. The molecule has 9 rings (SSSR count). The molecule has 40 unspecified atom stereocenters. The molecule has 0 saturated carbocycles. The average molecular weight is 1700 g/mol. The fraction of sp³-hybridized carbons (Fsp3) is 0.909. The molecular weight excluding hydrogens is 1590 g/mol. The fourth-order valence-corrected chi connectivity index (χ4v) is 14.4. The van der Waals surface area contributed by atoms with Gasteiger partial charge in [0.05, 0.1) is 130 Å². The first kappa shape index (κ1) is 96.7. The van der Waals surface area contributed by atoms with Crippen molar-refractivity contribution < 1.29 is 239 Å². The molecule has 50 nitrogen and oxygen atoms in total. The van der Waals surface area contributed by atoms with Crippen LogP contribution in [0, 0.1) is 0 Å². The molecule has 0 radical (unpaired) electrons. The standard InChI is InChI=1S/C66H112N2O48/c69-5-27-35(77)43(85)51(93)59(109-27)101-13-23(14-102-60-52(94)44(86)36(78)28(6-70)110-60)67(24(15-103-61-53(95)45(87)37(79)29(7-71)111-61)16-104-62-54(96)46(88)38(80)30(8-72)112-62)21-1-2-22(4-3-21)68(25(17-105-63-55(97)47(89)39(81)31(9-73)113-63)18-106-64-56(98)48(90)40(82)32(10-74)114-64)26(19-107-65-57(99)49(91)41(83)33(11-75)115-65)20-108-66-58(100)50(92)42(84)34(12-76)116-66/h1-4,23-66,69-100H,5-20H2. The van der Waals surface area contributed by atoms with Gasteiger partial charge in [0.15, 0.2) is 50.3 Å². The maximum absolute atomic E-state index is 11.4. The van der Waals surface area contributed by atoms with Crippen molar-refractivity contribution in [3.63, 3.8) is 0 Å². The predicted molar refractivity (Wildman–Crippen MR) is 364 cm³/mol. The van der Waals surface area contributed by atoms with Crippen LogP contribution in [0.15, 0.2) is 24.3 Å². The van der Waals surface area contributed by atoms with Crippen molar-refractivity contribution in [2.24, 2.45) is 0 Å². The van der Waals surface area contributed by atoms with Crippen molar-refractivity contribution in [1.82, 2.24) is 0 Å². The minimum absolute atomic E-state index is 0.258. The van der Waals surface area contributed by atoms with Gasteiger partial charge in [0.2, 0.25) is 0 Å². The third-order valence-electron chi connectivity index (χ3n) is 21.4. The molecule has 1 aromatic rings. The van der Waals surface area contributed by atoms with E-state index in [4.69, 9.17) is 75.8 Å². The van der Waals surface area contributed by atoms with E-state index in [1.54, 1.807) is 0 Å². The van der Waals surface area contributed by atoms with Crippen LogP contribution in [0.3, 0.4) is 0 Å². The predicted octanol–water partition coefficient (Wildman–Crippen LogP) is -20.7. The van der Waals surface area contributed by atoms with Gasteiger partial charge in [-0.1, -0.05) is 0 Å². The molecule has 0 aromatic heterocycles. The van der Waals surface area contributed by atoms with E-state index in [0.29, 0.717) is 0 Å². The molecule has 0 amide bonds. The first-order valence-electron chi connectivity index (χ1n) is 37.2. The quantitative estimate of drug-likeness (QED) is 0.0292. The van der Waals surface area contributed by atoms with E-state index in [-0.39, 0.29) is 11.4 Å². The van der Waals surface area contributed by atoms with Crippen molar-refractivity contribution in [2.45, 2.75) is 270 Å². The Morgan fingerprint density at radius 1 is 0.190 bits per heavy atom. The van der Waals surface area contributed by atoms with Crippen LogP contribution in [0.2, 0.25) is 0 Å². The number of benzene rings is 1. The first-order valence-corrected chi connectivity index (χ1v) is 37.2. The Morgan fingerprint density at radius 2 is 0.302 bits per heavy atom. The third-order valence-corrected chi connectivity index (χ3v) is 21.4. The zero-order chi connectivity index (χ0) is 85.2. The van der Waals surface area contributed by atoms with Crippen molar-refractivity contribution in [3.05, 3.63) is 24.3 Å². The number of hydrogen-bond donors (Lipinski definition) is 32. The Labute approximate surface area is 658 Å². The van der Waals surface area contributed by atoms with Gasteiger partial charge in [0, 0.05) is 11.4 Å². The second-order valence-corrected chi connectivity index (χ2v) is 29.2. The maximum Gasteiger partial charge on any atom is 0.186 e. The Hall–Kier alpha value is -3.10. The minimum Gasteiger partial charge on any atom is -0.394 e. The van der Waals surface area contributed by atoms with Gasteiger partial charge in [-0.25, -0.2) is 0 Å². The van der Waals surface area contributed by atoms with Crippen LogP contribution >= 0.6 is 0 Å². The lowest BCUT2D eigenvalue weighted by atomic mass is 9.99. The lowest BCUT2D eigenvalue weighted by Gasteiger charge is -2.46. The summed E-state index contributed by atoms with van der Waals surface area (Å²) in [5.41, 5.74) is -0.515. The molecule has 116 heavy (non-hydrogen) atoms. The largest absolute Gasteiger partial charge is 0.394 e. The summed E-state index contributed by atoms with van der Waals surface area (Å²) in [4.78, 5) is 2.36. The summed E-state index contributed by atoms with van der Waals surface area (Å²) in [5, 5.41) is 348. The van der Waals surface area contributed by atoms with E-state index in [9.17, 15) is 163 Å². The summed E-state index contributed by atoms with van der Waals surface area (Å²) in [5.74, 6) is 0. The minimum atomic E-state index is -2.19. The van der Waals surface area contributed by atoms with Crippen LogP contribution < -0.4 is 9.80 Å². The zero-order valence-corrected chi connectivity index (χ0v) is 61.8. The molecule has 50 heteroatoms. The maximum atomic E-state index is 11.4. The Bertz CT molecular complexity index is 2470. The van der Waals surface area contributed by atoms with E-state index >= 15 is 0 Å². The lowest BCUT2D eigenvalue weighted by Crippen LogP contribution is -2.62. The second kappa shape index (κ2) is 44.0. The van der Waals surface area contributed by atoms with Gasteiger partial charge in [0.1, 0.15) is 195 Å². The zero-order valence-electron chi connectivity index (χ0n) is 61.8. The van der Waals surface area contributed by atoms with Gasteiger partial charge in [-0.3, -0.25) is 0 Å². The van der Waals surface area contributed by atoms with E-state index in [1.807, 2.05) is 0 Å². The first-order chi connectivity index (χ1) is 55.1. The number of anilines is 2. The van der Waals surface area contributed by atoms with Crippen molar-refractivity contribution in [1.29, 1.82) is 0 Å². The van der Waals surface area contributed by atoms with Gasteiger partial charge in [-0.15, -0.1) is 0 Å². The van der Waals surface area contributed by atoms with Crippen molar-refractivity contribution in [2.75, 3.05) is 116 Å².